The molecule has 10 heavy (non-hydrogen) atoms. The van der Waals surface area contributed by atoms with Crippen LogP contribution in [0.3, 0.4) is 0 Å². The molecule has 0 amide bonds. The third-order valence-electron chi connectivity index (χ3n) is 0.717. The lowest BCUT2D eigenvalue weighted by molar-refractivity contribution is -0.153. The van der Waals surface area contributed by atoms with E-state index in [2.05, 4.69) is 9.53 Å². The van der Waals surface area contributed by atoms with Crippen LogP contribution in [0.5, 0.6) is 0 Å². The van der Waals surface area contributed by atoms with Gasteiger partial charge < -0.3 is 10.3 Å². The van der Waals surface area contributed by atoms with Crippen LogP contribution in [0.4, 0.5) is 4.39 Å². The van der Waals surface area contributed by atoms with Crippen molar-refractivity contribution in [2.75, 3.05) is 0 Å². The van der Waals surface area contributed by atoms with Gasteiger partial charge >= 0.3 is 18.5 Å². The van der Waals surface area contributed by atoms with Gasteiger partial charge in [0.2, 0.25) is 0 Å². The van der Waals surface area contributed by atoms with E-state index in [9.17, 15) is 9.18 Å². The molecular formula is C5H7FN2O2. The van der Waals surface area contributed by atoms with Gasteiger partial charge in [-0.3, -0.25) is 4.79 Å². The summed E-state index contributed by atoms with van der Waals surface area (Å²) in [6, 6.07) is 0. The second-order valence-corrected chi connectivity index (χ2v) is 1.46. The molecule has 4 nitrogen and oxygen atoms in total. The largest absolute Gasteiger partial charge is 0.420 e. The Morgan fingerprint density at radius 2 is 2.60 bits per heavy atom. The summed E-state index contributed by atoms with van der Waals surface area (Å²) in [4.78, 5) is 12.6. The summed E-state index contributed by atoms with van der Waals surface area (Å²) in [5.74, 6) is -0.674. The van der Waals surface area contributed by atoms with Gasteiger partial charge in [-0.05, 0) is 0 Å². The average molecular weight is 146 g/mol. The zero-order valence-electron chi connectivity index (χ0n) is 5.45. The molecule has 0 aromatic carbocycles. The monoisotopic (exact) mass is 146 g/mol. The molecule has 0 aliphatic rings. The molecule has 0 aliphatic carbocycles. The number of carbonyl (C=O) groups excluding carboxylic acids is 1. The predicted octanol–water partition coefficient (Wildman–Crippen LogP) is 0.536. The van der Waals surface area contributed by atoms with E-state index in [0.29, 0.717) is 6.21 Å². The maximum atomic E-state index is 12.1. The van der Waals surface area contributed by atoms with Gasteiger partial charge in [-0.2, -0.15) is 9.18 Å². The highest BCUT2D eigenvalue weighted by atomic mass is 19.1. The van der Waals surface area contributed by atoms with E-state index in [1.54, 1.807) is 0 Å². The zero-order valence-corrected chi connectivity index (χ0v) is 5.45. The fourth-order valence-electron chi connectivity index (χ4n) is 0.292. The number of hydrogen-bond donors (Lipinski definition) is 0. The summed E-state index contributed by atoms with van der Waals surface area (Å²) < 4.78 is 16.1. The molecule has 0 fully saturated rings. The van der Waals surface area contributed by atoms with E-state index >= 15 is 0 Å². The normalized spacial score (nSPS) is 11.4. The quantitative estimate of drug-likeness (QED) is 0.252. The fraction of sp³-hybridized carbons (Fsp3) is 0.600. The Kier molecular flexibility index (Phi) is 4.07. The van der Waals surface area contributed by atoms with E-state index in [1.807, 2.05) is 0 Å². The molecular weight excluding hydrogens is 139 g/mol. The maximum Gasteiger partial charge on any atom is 0.334 e. The van der Waals surface area contributed by atoms with Crippen molar-refractivity contribution in [2.45, 2.75) is 19.7 Å². The SMILES string of the molecule is CCC(=O)OC(F)C=[N+]=[N-]. The molecule has 0 aromatic heterocycles. The molecule has 1 atom stereocenters. The number of nitrogens with zero attached hydrogens (tertiary/aromatic N) is 2. The first-order valence-corrected chi connectivity index (χ1v) is 2.71. The van der Waals surface area contributed by atoms with Crippen molar-refractivity contribution >= 4 is 12.2 Å². The van der Waals surface area contributed by atoms with Crippen molar-refractivity contribution in [3.63, 3.8) is 0 Å². The lowest BCUT2D eigenvalue weighted by Crippen LogP contribution is -2.13. The molecule has 0 radical (unpaired) electrons. The molecule has 0 spiro atoms. The van der Waals surface area contributed by atoms with Crippen molar-refractivity contribution < 1.29 is 18.7 Å². The third kappa shape index (κ3) is 3.74. The van der Waals surface area contributed by atoms with Gasteiger partial charge in [-0.15, -0.1) is 0 Å². The first kappa shape index (κ1) is 8.78. The van der Waals surface area contributed by atoms with E-state index in [-0.39, 0.29) is 6.42 Å². The van der Waals surface area contributed by atoms with Gasteiger partial charge in [-0.1, -0.05) is 6.92 Å². The summed E-state index contributed by atoms with van der Waals surface area (Å²) in [7, 11) is 0. The highest BCUT2D eigenvalue weighted by Crippen LogP contribution is 1.91. The highest BCUT2D eigenvalue weighted by molar-refractivity contribution is 5.71. The lowest BCUT2D eigenvalue weighted by Gasteiger charge is -1.98. The third-order valence-corrected chi connectivity index (χ3v) is 0.717. The first-order chi connectivity index (χ1) is 4.70. The molecule has 5 heteroatoms. The van der Waals surface area contributed by atoms with Gasteiger partial charge in [0.15, 0.2) is 0 Å². The fourth-order valence-corrected chi connectivity index (χ4v) is 0.292. The molecule has 0 rings (SSSR count). The Morgan fingerprint density at radius 3 is 3.00 bits per heavy atom. The van der Waals surface area contributed by atoms with Crippen molar-refractivity contribution in [1.82, 2.24) is 0 Å². The van der Waals surface area contributed by atoms with Crippen LogP contribution in [-0.4, -0.2) is 23.3 Å². The van der Waals surface area contributed by atoms with Crippen molar-refractivity contribution in [2.24, 2.45) is 0 Å². The molecule has 0 heterocycles. The van der Waals surface area contributed by atoms with Crippen LogP contribution in [0.15, 0.2) is 0 Å². The molecule has 0 aromatic rings. The molecule has 1 unspecified atom stereocenters. The van der Waals surface area contributed by atoms with Gasteiger partial charge in [0.05, 0.1) is 0 Å². The molecule has 0 saturated carbocycles. The molecule has 56 valence electrons. The van der Waals surface area contributed by atoms with Crippen molar-refractivity contribution in [3.8, 4) is 0 Å². The second-order valence-electron chi connectivity index (χ2n) is 1.46. The molecule has 0 saturated heterocycles. The summed E-state index contributed by atoms with van der Waals surface area (Å²) in [6.45, 7) is 1.53. The zero-order chi connectivity index (χ0) is 7.98. The number of carbonyl (C=O) groups is 1. The number of hydrogen-bond acceptors (Lipinski definition) is 2. The molecule has 0 bridgehead atoms. The Hall–Kier alpha value is -1.22. The van der Waals surface area contributed by atoms with Crippen LogP contribution < -0.4 is 0 Å². The van der Waals surface area contributed by atoms with Crippen LogP contribution >= 0.6 is 0 Å². The minimum atomic E-state index is -1.95. The van der Waals surface area contributed by atoms with Gasteiger partial charge in [-0.25, -0.2) is 0 Å². The van der Waals surface area contributed by atoms with Crippen molar-refractivity contribution in [3.05, 3.63) is 5.53 Å². The number of halogens is 1. The van der Waals surface area contributed by atoms with E-state index in [1.165, 1.54) is 6.92 Å². The summed E-state index contributed by atoms with van der Waals surface area (Å²) in [5.41, 5.74) is 7.76. The minimum Gasteiger partial charge on any atom is -0.420 e. The second kappa shape index (κ2) is 4.64. The van der Waals surface area contributed by atoms with Crippen LogP contribution in [0.2, 0.25) is 0 Å². The molecule has 0 aliphatic heterocycles. The average Bonchev–Trinajstić information content (AvgIpc) is 1.88. The topological polar surface area (TPSA) is 62.7 Å². The number of rotatable bonds is 3. The van der Waals surface area contributed by atoms with E-state index < -0.39 is 12.3 Å². The number of alkyl halides is 1. The smallest absolute Gasteiger partial charge is 0.334 e. The number of ether oxygens (including phenoxy) is 1. The van der Waals surface area contributed by atoms with Crippen molar-refractivity contribution in [1.29, 1.82) is 0 Å². The Bertz CT molecular complexity index is 165. The van der Waals surface area contributed by atoms with E-state index in [0.717, 1.165) is 0 Å². The minimum absolute atomic E-state index is 0.0969. The van der Waals surface area contributed by atoms with Crippen LogP contribution in [0.25, 0.3) is 5.53 Å². The first-order valence-electron chi connectivity index (χ1n) is 2.71. The predicted molar refractivity (Wildman–Crippen MR) is 31.0 cm³/mol. The summed E-state index contributed by atoms with van der Waals surface area (Å²) in [5, 5.41) is 0. The van der Waals surface area contributed by atoms with Gasteiger partial charge in [0.1, 0.15) is 0 Å². The number of esters is 1. The lowest BCUT2D eigenvalue weighted by atomic mass is 10.5. The van der Waals surface area contributed by atoms with Gasteiger partial charge in [0.25, 0.3) is 0 Å². The Balaban J connectivity index is 3.67. The Morgan fingerprint density at radius 1 is 2.00 bits per heavy atom. The van der Waals surface area contributed by atoms with E-state index in [4.69, 9.17) is 5.53 Å². The van der Waals surface area contributed by atoms with Crippen LogP contribution in [0.1, 0.15) is 13.3 Å². The van der Waals surface area contributed by atoms with Gasteiger partial charge in [0, 0.05) is 6.42 Å². The standard InChI is InChI=1S/C5H7FN2O2/c1-2-5(9)10-4(6)3-8-7/h3-4H,2H2,1H3. The Labute approximate surface area is 57.2 Å². The molecule has 0 N–H and O–H groups in total. The summed E-state index contributed by atoms with van der Waals surface area (Å²) in [6.07, 6.45) is -1.37. The highest BCUT2D eigenvalue weighted by Gasteiger charge is 2.11. The van der Waals surface area contributed by atoms with Crippen LogP contribution in [-0.2, 0) is 9.53 Å². The maximum absolute atomic E-state index is 12.1. The summed E-state index contributed by atoms with van der Waals surface area (Å²) >= 11 is 0. The van der Waals surface area contributed by atoms with Crippen LogP contribution in [0, 0.1) is 0 Å².